The van der Waals surface area contributed by atoms with Crippen molar-refractivity contribution in [2.45, 2.75) is 48.5 Å². The summed E-state index contributed by atoms with van der Waals surface area (Å²) in [5.41, 5.74) is 5.99. The number of carbonyl (C=O) groups excluding carboxylic acids is 1. The lowest BCUT2D eigenvalue weighted by Gasteiger charge is -2.33. The van der Waals surface area contributed by atoms with Gasteiger partial charge in [-0.3, -0.25) is 4.79 Å². The molecule has 8 heteroatoms. The molecule has 6 nitrogen and oxygen atoms in total. The van der Waals surface area contributed by atoms with Gasteiger partial charge in [-0.1, -0.05) is 18.6 Å². The lowest BCUT2D eigenvalue weighted by Crippen LogP contribution is -2.47. The monoisotopic (exact) mass is 388 g/mol. The van der Waals surface area contributed by atoms with Crippen LogP contribution >= 0.6 is 12.4 Å². The van der Waals surface area contributed by atoms with Gasteiger partial charge in [0.1, 0.15) is 0 Å². The Kier molecular flexibility index (Phi) is 6.14. The van der Waals surface area contributed by atoms with Crippen LogP contribution in [0.25, 0.3) is 0 Å². The molecule has 0 bridgehead atoms. The van der Waals surface area contributed by atoms with Gasteiger partial charge in [0.2, 0.25) is 10.0 Å². The molecule has 1 saturated carbocycles. The van der Waals surface area contributed by atoms with Crippen LogP contribution in [0.5, 0.6) is 0 Å². The second-order valence-corrected chi connectivity index (χ2v) is 8.49. The molecule has 1 aliphatic carbocycles. The van der Waals surface area contributed by atoms with Gasteiger partial charge in [-0.15, -0.1) is 12.4 Å². The molecular formula is C17H25ClN2O4S. The molecule has 1 aliphatic heterocycles. The van der Waals surface area contributed by atoms with E-state index in [2.05, 4.69) is 0 Å². The van der Waals surface area contributed by atoms with Gasteiger partial charge in [0, 0.05) is 19.1 Å². The molecule has 2 aliphatic rings. The van der Waals surface area contributed by atoms with E-state index in [-0.39, 0.29) is 29.3 Å². The summed E-state index contributed by atoms with van der Waals surface area (Å²) in [6, 6.07) is 6.52. The topological polar surface area (TPSA) is 89.7 Å². The van der Waals surface area contributed by atoms with Gasteiger partial charge in [0.05, 0.1) is 17.4 Å². The van der Waals surface area contributed by atoms with E-state index in [9.17, 15) is 13.2 Å². The molecule has 0 spiro atoms. The van der Waals surface area contributed by atoms with E-state index >= 15 is 0 Å². The zero-order valence-corrected chi connectivity index (χ0v) is 15.9. The third kappa shape index (κ3) is 3.56. The van der Waals surface area contributed by atoms with Gasteiger partial charge in [0.15, 0.2) is 0 Å². The SMILES string of the molecule is COC(=O)C1(c2ccc(S(=O)(=O)N3CCCCC3CN)cc2)CC1.Cl. The number of rotatable bonds is 5. The average molecular weight is 389 g/mol. The number of sulfonamides is 1. The quantitative estimate of drug-likeness (QED) is 0.777. The Bertz CT molecular complexity index is 717. The molecule has 0 aromatic heterocycles. The predicted octanol–water partition coefficient (Wildman–Crippen LogP) is 1.81. The summed E-state index contributed by atoms with van der Waals surface area (Å²) >= 11 is 0. The van der Waals surface area contributed by atoms with Crippen LogP contribution in [-0.2, 0) is 25.0 Å². The number of carbonyl (C=O) groups is 1. The Morgan fingerprint density at radius 3 is 2.44 bits per heavy atom. The third-order valence-electron chi connectivity index (χ3n) is 5.18. The fourth-order valence-electron chi connectivity index (χ4n) is 3.54. The Balaban J connectivity index is 0.00000225. The molecule has 2 N–H and O–H groups in total. The van der Waals surface area contributed by atoms with Crippen LogP contribution in [0.4, 0.5) is 0 Å². The van der Waals surface area contributed by atoms with Crippen molar-refractivity contribution in [3.05, 3.63) is 29.8 Å². The zero-order valence-electron chi connectivity index (χ0n) is 14.3. The van der Waals surface area contributed by atoms with Crippen molar-refractivity contribution in [2.75, 3.05) is 20.2 Å². The number of methoxy groups -OCH3 is 1. The summed E-state index contributed by atoms with van der Waals surface area (Å²) < 4.78 is 32.2. The van der Waals surface area contributed by atoms with Crippen LogP contribution in [0.15, 0.2) is 29.2 Å². The number of benzene rings is 1. The maximum atomic E-state index is 12.9. The van der Waals surface area contributed by atoms with E-state index in [0.717, 1.165) is 37.7 Å². The normalized spacial score (nSPS) is 22.7. The molecule has 1 aromatic carbocycles. The Labute approximate surface area is 155 Å². The van der Waals surface area contributed by atoms with E-state index in [1.165, 1.54) is 11.4 Å². The number of ether oxygens (including phenoxy) is 1. The number of hydrogen-bond donors (Lipinski definition) is 1. The smallest absolute Gasteiger partial charge is 0.316 e. The lowest BCUT2D eigenvalue weighted by molar-refractivity contribution is -0.143. The Morgan fingerprint density at radius 1 is 1.28 bits per heavy atom. The van der Waals surface area contributed by atoms with Crippen molar-refractivity contribution in [3.8, 4) is 0 Å². The number of nitrogens with two attached hydrogens (primary N) is 1. The second kappa shape index (κ2) is 7.61. The molecule has 1 heterocycles. The molecular weight excluding hydrogens is 364 g/mol. The van der Waals surface area contributed by atoms with E-state index in [4.69, 9.17) is 10.5 Å². The van der Waals surface area contributed by atoms with Crippen molar-refractivity contribution >= 4 is 28.4 Å². The lowest BCUT2D eigenvalue weighted by atomic mass is 9.96. The first kappa shape index (κ1) is 20.2. The highest BCUT2D eigenvalue weighted by Crippen LogP contribution is 2.49. The molecule has 2 fully saturated rings. The van der Waals surface area contributed by atoms with Gasteiger partial charge < -0.3 is 10.5 Å². The number of hydrogen-bond acceptors (Lipinski definition) is 5. The fraction of sp³-hybridized carbons (Fsp3) is 0.588. The molecule has 1 atom stereocenters. The minimum absolute atomic E-state index is 0. The van der Waals surface area contributed by atoms with Crippen LogP contribution in [0.1, 0.15) is 37.7 Å². The minimum Gasteiger partial charge on any atom is -0.468 e. The first-order chi connectivity index (χ1) is 11.5. The number of piperidine rings is 1. The van der Waals surface area contributed by atoms with Gasteiger partial charge in [-0.25, -0.2) is 8.42 Å². The maximum absolute atomic E-state index is 12.9. The highest BCUT2D eigenvalue weighted by molar-refractivity contribution is 7.89. The Morgan fingerprint density at radius 2 is 1.92 bits per heavy atom. The van der Waals surface area contributed by atoms with Gasteiger partial charge in [0.25, 0.3) is 0 Å². The maximum Gasteiger partial charge on any atom is 0.316 e. The van der Waals surface area contributed by atoms with Gasteiger partial charge in [-0.05, 0) is 43.4 Å². The summed E-state index contributed by atoms with van der Waals surface area (Å²) in [7, 11) is -2.17. The molecule has 1 aromatic rings. The summed E-state index contributed by atoms with van der Waals surface area (Å²) in [4.78, 5) is 12.2. The van der Waals surface area contributed by atoms with Gasteiger partial charge in [-0.2, -0.15) is 4.31 Å². The largest absolute Gasteiger partial charge is 0.468 e. The van der Waals surface area contributed by atoms with E-state index < -0.39 is 15.4 Å². The van der Waals surface area contributed by atoms with Crippen molar-refractivity contribution in [1.82, 2.24) is 4.31 Å². The van der Waals surface area contributed by atoms with Gasteiger partial charge >= 0.3 is 5.97 Å². The highest BCUT2D eigenvalue weighted by Gasteiger charge is 2.52. The first-order valence-corrected chi connectivity index (χ1v) is 9.80. The van der Waals surface area contributed by atoms with Crippen molar-refractivity contribution in [2.24, 2.45) is 5.73 Å². The first-order valence-electron chi connectivity index (χ1n) is 8.36. The number of esters is 1. The zero-order chi connectivity index (χ0) is 17.4. The summed E-state index contributed by atoms with van der Waals surface area (Å²) in [5, 5.41) is 0. The molecule has 140 valence electrons. The summed E-state index contributed by atoms with van der Waals surface area (Å²) in [6.07, 6.45) is 4.16. The summed E-state index contributed by atoms with van der Waals surface area (Å²) in [6.45, 7) is 0.848. The van der Waals surface area contributed by atoms with Crippen LogP contribution in [0, 0.1) is 0 Å². The molecule has 1 saturated heterocycles. The van der Waals surface area contributed by atoms with Crippen LogP contribution in [0.2, 0.25) is 0 Å². The van der Waals surface area contributed by atoms with E-state index in [1.807, 2.05) is 0 Å². The molecule has 25 heavy (non-hydrogen) atoms. The molecule has 0 amide bonds. The van der Waals surface area contributed by atoms with Crippen molar-refractivity contribution in [3.63, 3.8) is 0 Å². The van der Waals surface area contributed by atoms with Crippen molar-refractivity contribution < 1.29 is 17.9 Å². The number of nitrogens with zero attached hydrogens (tertiary/aromatic N) is 1. The average Bonchev–Trinajstić information content (AvgIpc) is 3.43. The number of halogens is 1. The minimum atomic E-state index is -3.55. The second-order valence-electron chi connectivity index (χ2n) is 6.60. The Hall–Kier alpha value is -1.15. The van der Waals surface area contributed by atoms with Crippen LogP contribution < -0.4 is 5.73 Å². The molecule has 3 rings (SSSR count). The van der Waals surface area contributed by atoms with Crippen LogP contribution in [-0.4, -0.2) is 44.9 Å². The summed E-state index contributed by atoms with van der Waals surface area (Å²) in [5.74, 6) is -0.252. The van der Waals surface area contributed by atoms with E-state index in [0.29, 0.717) is 13.1 Å². The molecule has 0 radical (unpaired) electrons. The van der Waals surface area contributed by atoms with E-state index in [1.54, 1.807) is 24.3 Å². The van der Waals surface area contributed by atoms with Crippen LogP contribution in [0.3, 0.4) is 0 Å². The predicted molar refractivity (Wildman–Crippen MR) is 97.2 cm³/mol. The van der Waals surface area contributed by atoms with Crippen molar-refractivity contribution in [1.29, 1.82) is 0 Å². The highest BCUT2D eigenvalue weighted by atomic mass is 35.5. The molecule has 1 unspecified atom stereocenters. The standard InChI is InChI=1S/C17H24N2O4S.ClH/c1-23-16(20)17(9-10-17)13-5-7-15(8-6-13)24(21,22)19-11-3-2-4-14(19)12-18;/h5-8,14H,2-4,9-12,18H2,1H3;1H. The third-order valence-corrected chi connectivity index (χ3v) is 7.15. The fourth-order valence-corrected chi connectivity index (χ4v) is 5.24.